The van der Waals surface area contributed by atoms with Crippen molar-refractivity contribution in [2.75, 3.05) is 71.8 Å². The molecule has 0 aromatic heterocycles. The van der Waals surface area contributed by atoms with Crippen LogP contribution in [0, 0.1) is 0 Å². The van der Waals surface area contributed by atoms with Gasteiger partial charge in [-0.3, -0.25) is 4.55 Å². The highest BCUT2D eigenvalue weighted by Crippen LogP contribution is 2.28. The molecule has 0 atom stereocenters. The Labute approximate surface area is 249 Å². The third-order valence-corrected chi connectivity index (χ3v) is 16.8. The molecule has 40 heavy (non-hydrogen) atoms. The molecule has 0 rings (SSSR count). The zero-order valence-corrected chi connectivity index (χ0v) is 30.5. The van der Waals surface area contributed by atoms with Crippen LogP contribution in [0.5, 0.6) is 0 Å². The fraction of sp³-hybridized carbons (Fsp3) is 1.00. The standard InChI is InChI=1S/C14H34O6SSi2.C8H20O7SSi/c1-7-15-22(16-8-2,17-9-3)14-13-21-23(18-10-4,19-11-5)20-12-6;1-4-13-17(14-5-2,15-6-3)8-7-12-16(9,10)11/h7-14H2,1-6H3;4-8H2,1-3H3,(H,9,10,11). The normalized spacial score (nSPS) is 12.8. The minimum atomic E-state index is -4.44. The van der Waals surface area contributed by atoms with Crippen LogP contribution < -0.4 is 0 Å². The quantitative estimate of drug-likeness (QED) is 0.103. The van der Waals surface area contributed by atoms with Crippen LogP contribution in [-0.4, -0.2) is 110 Å². The van der Waals surface area contributed by atoms with Crippen molar-refractivity contribution < 1.29 is 57.0 Å². The van der Waals surface area contributed by atoms with Gasteiger partial charge in [-0.2, -0.15) is 8.42 Å². The minimum Gasteiger partial charge on any atom is -0.374 e. The second-order valence-electron chi connectivity index (χ2n) is 7.36. The molecule has 0 radical (unpaired) electrons. The maximum Gasteiger partial charge on any atom is 0.573 e. The van der Waals surface area contributed by atoms with E-state index in [2.05, 4.69) is 4.18 Å². The Morgan fingerprint density at radius 2 is 0.825 bits per heavy atom. The molecule has 0 aromatic rings. The lowest BCUT2D eigenvalue weighted by Crippen LogP contribution is -2.48. The van der Waals surface area contributed by atoms with E-state index in [1.54, 1.807) is 32.0 Å². The van der Waals surface area contributed by atoms with E-state index in [0.717, 1.165) is 11.8 Å². The predicted molar refractivity (Wildman–Crippen MR) is 161 cm³/mol. The van der Waals surface area contributed by atoms with Gasteiger partial charge in [-0.25, -0.2) is 4.18 Å². The van der Waals surface area contributed by atoms with E-state index >= 15 is 0 Å². The summed E-state index contributed by atoms with van der Waals surface area (Å²) < 4.78 is 85.1. The van der Waals surface area contributed by atoms with E-state index in [-0.39, 0.29) is 12.7 Å². The summed E-state index contributed by atoms with van der Waals surface area (Å²) in [5.74, 6) is 0.762. The van der Waals surface area contributed by atoms with Gasteiger partial charge >= 0.3 is 36.0 Å². The molecule has 0 saturated heterocycles. The molecular weight excluding hydrogens is 621 g/mol. The van der Waals surface area contributed by atoms with Crippen molar-refractivity contribution in [1.82, 2.24) is 0 Å². The van der Waals surface area contributed by atoms with E-state index in [1.807, 2.05) is 41.5 Å². The summed E-state index contributed by atoms with van der Waals surface area (Å²) in [6.07, 6.45) is 0. The van der Waals surface area contributed by atoms with Crippen molar-refractivity contribution in [3.05, 3.63) is 0 Å². The summed E-state index contributed by atoms with van der Waals surface area (Å²) in [4.78, 5) is 0. The third kappa shape index (κ3) is 19.7. The van der Waals surface area contributed by atoms with Gasteiger partial charge in [0.1, 0.15) is 0 Å². The molecule has 0 heterocycles. The Morgan fingerprint density at radius 3 is 1.10 bits per heavy atom. The maximum atomic E-state index is 10.4. The van der Waals surface area contributed by atoms with Crippen LogP contribution in [0.1, 0.15) is 62.3 Å². The van der Waals surface area contributed by atoms with Gasteiger partial charge in [-0.1, -0.05) is 11.2 Å². The summed E-state index contributed by atoms with van der Waals surface area (Å²) in [7, 11) is -12.7. The van der Waals surface area contributed by atoms with Crippen molar-refractivity contribution in [3.8, 4) is 0 Å². The topological polar surface area (TPSA) is 147 Å². The number of rotatable bonds is 26. The van der Waals surface area contributed by atoms with Crippen LogP contribution in [0.3, 0.4) is 0 Å². The van der Waals surface area contributed by atoms with Crippen LogP contribution in [0.4, 0.5) is 0 Å². The zero-order chi connectivity index (χ0) is 31.0. The van der Waals surface area contributed by atoms with Gasteiger partial charge in [0.05, 0.1) is 6.61 Å². The first-order chi connectivity index (χ1) is 19.0. The molecule has 18 heteroatoms. The first-order valence-corrected chi connectivity index (χ1v) is 22.6. The molecule has 0 spiro atoms. The summed E-state index contributed by atoms with van der Waals surface area (Å²) in [6.45, 7) is 21.6. The van der Waals surface area contributed by atoms with Crippen molar-refractivity contribution in [2.24, 2.45) is 0 Å². The van der Waals surface area contributed by atoms with Gasteiger partial charge < -0.3 is 39.8 Å². The first kappa shape index (κ1) is 42.6. The molecule has 0 aliphatic heterocycles. The molecule has 0 fully saturated rings. The molecule has 0 aromatic carbocycles. The minimum absolute atomic E-state index is 0.169. The van der Waals surface area contributed by atoms with E-state index < -0.39 is 36.0 Å². The predicted octanol–water partition coefficient (Wildman–Crippen LogP) is 4.17. The van der Waals surface area contributed by atoms with Crippen LogP contribution in [-0.2, 0) is 54.4 Å². The lowest BCUT2D eigenvalue weighted by atomic mass is 10.9. The third-order valence-electron chi connectivity index (χ3n) is 4.48. The molecule has 1 N–H and O–H groups in total. The Morgan fingerprint density at radius 1 is 0.525 bits per heavy atom. The largest absolute Gasteiger partial charge is 0.573 e. The average molecular weight is 675 g/mol. The second-order valence-corrected chi connectivity index (χ2v) is 18.8. The Bertz CT molecular complexity index is 616. The summed E-state index contributed by atoms with van der Waals surface area (Å²) in [5, 5.41) is 0. The SMILES string of the molecule is CCO[Si](CCOS(=O)(=O)O)(OCC)OCC.CCO[Si](CCS[Si](OCC)(OCC)OCC)(OCC)OCC. The molecule has 0 bridgehead atoms. The smallest absolute Gasteiger partial charge is 0.374 e. The van der Waals surface area contributed by atoms with E-state index in [9.17, 15) is 8.42 Å². The van der Waals surface area contributed by atoms with Gasteiger partial charge in [0, 0.05) is 71.6 Å². The van der Waals surface area contributed by atoms with E-state index in [4.69, 9.17) is 44.4 Å². The van der Waals surface area contributed by atoms with Gasteiger partial charge in [0.15, 0.2) is 0 Å². The summed E-state index contributed by atoms with van der Waals surface area (Å²) >= 11 is 1.61. The monoisotopic (exact) mass is 674 g/mol. The Hall–Kier alpha value is 0.511. The zero-order valence-electron chi connectivity index (χ0n) is 25.9. The molecule has 244 valence electrons. The molecule has 0 aliphatic carbocycles. The van der Waals surface area contributed by atoms with Gasteiger partial charge in [-0.05, 0) is 68.1 Å². The van der Waals surface area contributed by atoms with Crippen LogP contribution in [0.25, 0.3) is 0 Å². The molecule has 0 amide bonds. The highest BCUT2D eigenvalue weighted by atomic mass is 32.4. The summed E-state index contributed by atoms with van der Waals surface area (Å²) in [5.41, 5.74) is 0. The van der Waals surface area contributed by atoms with Crippen LogP contribution in [0.2, 0.25) is 12.1 Å². The lowest BCUT2D eigenvalue weighted by molar-refractivity contribution is 0.0672. The fourth-order valence-corrected chi connectivity index (χ4v) is 14.9. The van der Waals surface area contributed by atoms with Crippen molar-refractivity contribution >= 4 is 47.2 Å². The van der Waals surface area contributed by atoms with Crippen molar-refractivity contribution in [2.45, 2.75) is 74.4 Å². The molecule has 0 saturated carbocycles. The van der Waals surface area contributed by atoms with E-state index in [1.165, 1.54) is 0 Å². The number of hydrogen-bond acceptors (Lipinski definition) is 13. The molecular formula is C22H54O13S2Si3. The number of hydrogen-bond donors (Lipinski definition) is 1. The molecule has 0 aliphatic rings. The Balaban J connectivity index is 0. The average Bonchev–Trinajstić information content (AvgIpc) is 2.85. The van der Waals surface area contributed by atoms with E-state index in [0.29, 0.717) is 59.5 Å². The van der Waals surface area contributed by atoms with Gasteiger partial charge in [-0.15, -0.1) is 0 Å². The maximum absolute atomic E-state index is 10.4. The second kappa shape index (κ2) is 24.9. The summed E-state index contributed by atoms with van der Waals surface area (Å²) in [6, 6.07) is 0.886. The van der Waals surface area contributed by atoms with Crippen LogP contribution in [0.15, 0.2) is 0 Å². The Kier molecular flexibility index (Phi) is 26.5. The fourth-order valence-electron chi connectivity index (χ4n) is 3.36. The highest BCUT2D eigenvalue weighted by Gasteiger charge is 2.46. The first-order valence-electron chi connectivity index (χ1n) is 14.0. The van der Waals surface area contributed by atoms with Crippen molar-refractivity contribution in [3.63, 3.8) is 0 Å². The lowest BCUT2D eigenvalue weighted by Gasteiger charge is -2.30. The molecule has 0 unspecified atom stereocenters. The molecule has 13 nitrogen and oxygen atoms in total. The van der Waals surface area contributed by atoms with Crippen molar-refractivity contribution in [1.29, 1.82) is 0 Å². The highest BCUT2D eigenvalue weighted by molar-refractivity contribution is 8.26. The van der Waals surface area contributed by atoms with Crippen LogP contribution >= 0.6 is 11.2 Å². The van der Waals surface area contributed by atoms with Gasteiger partial charge in [0.25, 0.3) is 0 Å². The van der Waals surface area contributed by atoms with Gasteiger partial charge in [0.2, 0.25) is 0 Å².